The van der Waals surface area contributed by atoms with Crippen molar-refractivity contribution in [1.29, 1.82) is 0 Å². The number of ether oxygens (including phenoxy) is 1. The van der Waals surface area contributed by atoms with Gasteiger partial charge in [-0.15, -0.1) is 0 Å². The predicted octanol–water partition coefficient (Wildman–Crippen LogP) is 4.44. The topological polar surface area (TPSA) is 38.3 Å². The number of nitrogens with one attached hydrogen (secondary N) is 1. The molecule has 1 amide bonds. The van der Waals surface area contributed by atoms with E-state index in [2.05, 4.69) is 26.0 Å². The molecule has 2 aromatic rings. The highest BCUT2D eigenvalue weighted by Gasteiger charge is 2.13. The van der Waals surface area contributed by atoms with Crippen LogP contribution in [0.25, 0.3) is 0 Å². The molecule has 1 N–H and O–H groups in total. The number of anilines is 1. The molecule has 7 heteroatoms. The van der Waals surface area contributed by atoms with Gasteiger partial charge in [-0.1, -0.05) is 12.1 Å². The lowest BCUT2D eigenvalue weighted by molar-refractivity contribution is -0.0521. The summed E-state index contributed by atoms with van der Waals surface area (Å²) in [5.74, 6) is -2.02. The molecule has 21 heavy (non-hydrogen) atoms. The molecule has 0 saturated heterocycles. The third-order valence-electron chi connectivity index (χ3n) is 2.52. The number of carbonyl (C=O) groups excluding carboxylic acids is 1. The minimum absolute atomic E-state index is 0.134. The average Bonchev–Trinajstić information content (AvgIpc) is 2.42. The Hall–Kier alpha value is -2.02. The van der Waals surface area contributed by atoms with Crippen LogP contribution in [0.2, 0.25) is 0 Å². The van der Waals surface area contributed by atoms with Crippen LogP contribution in [0.3, 0.4) is 0 Å². The first-order valence-electron chi connectivity index (χ1n) is 5.77. The zero-order chi connectivity index (χ0) is 15.4. The highest BCUT2D eigenvalue weighted by Crippen LogP contribution is 2.24. The first-order chi connectivity index (χ1) is 9.97. The van der Waals surface area contributed by atoms with Crippen molar-refractivity contribution in [2.75, 3.05) is 5.32 Å². The Morgan fingerprint density at radius 2 is 1.90 bits per heavy atom. The maximum absolute atomic E-state index is 13.5. The molecule has 2 aromatic carbocycles. The van der Waals surface area contributed by atoms with Gasteiger partial charge in [0.2, 0.25) is 0 Å². The Morgan fingerprint density at radius 1 is 1.19 bits per heavy atom. The maximum Gasteiger partial charge on any atom is 0.387 e. The first kappa shape index (κ1) is 15.4. The SMILES string of the molecule is O=C(Nc1ccc(OC(F)F)c(F)c1)c1ccccc1Br. The summed E-state index contributed by atoms with van der Waals surface area (Å²) in [5, 5.41) is 2.47. The monoisotopic (exact) mass is 359 g/mol. The van der Waals surface area contributed by atoms with Gasteiger partial charge >= 0.3 is 6.61 Å². The fourth-order valence-corrected chi connectivity index (χ4v) is 2.08. The summed E-state index contributed by atoms with van der Waals surface area (Å²) in [6.07, 6.45) is 0. The second kappa shape index (κ2) is 6.62. The maximum atomic E-state index is 13.5. The van der Waals surface area contributed by atoms with Gasteiger partial charge in [0.15, 0.2) is 11.6 Å². The molecule has 0 saturated carbocycles. The second-order valence-electron chi connectivity index (χ2n) is 3.96. The van der Waals surface area contributed by atoms with Crippen LogP contribution in [0.5, 0.6) is 5.75 Å². The van der Waals surface area contributed by atoms with Gasteiger partial charge in [0.25, 0.3) is 5.91 Å². The largest absolute Gasteiger partial charge is 0.432 e. The summed E-state index contributed by atoms with van der Waals surface area (Å²) in [6, 6.07) is 9.91. The highest BCUT2D eigenvalue weighted by molar-refractivity contribution is 9.10. The van der Waals surface area contributed by atoms with E-state index in [0.717, 1.165) is 12.1 Å². The minimum Gasteiger partial charge on any atom is -0.432 e. The Balaban J connectivity index is 2.15. The molecule has 0 aliphatic rings. The van der Waals surface area contributed by atoms with Crippen molar-refractivity contribution < 1.29 is 22.7 Å². The molecule has 0 fully saturated rings. The fourth-order valence-electron chi connectivity index (χ4n) is 1.61. The van der Waals surface area contributed by atoms with Gasteiger partial charge in [0.1, 0.15) is 0 Å². The summed E-state index contributed by atoms with van der Waals surface area (Å²) >= 11 is 3.23. The number of halogens is 4. The molecule has 110 valence electrons. The predicted molar refractivity (Wildman–Crippen MR) is 75.1 cm³/mol. The van der Waals surface area contributed by atoms with Crippen LogP contribution >= 0.6 is 15.9 Å². The third-order valence-corrected chi connectivity index (χ3v) is 3.22. The van der Waals surface area contributed by atoms with E-state index in [-0.39, 0.29) is 5.69 Å². The molecular weight excluding hydrogens is 351 g/mol. The molecule has 0 unspecified atom stereocenters. The van der Waals surface area contributed by atoms with Crippen molar-refractivity contribution in [3.05, 3.63) is 58.3 Å². The summed E-state index contributed by atoms with van der Waals surface area (Å²) in [4.78, 5) is 12.0. The number of alkyl halides is 2. The second-order valence-corrected chi connectivity index (χ2v) is 4.81. The Kier molecular flexibility index (Phi) is 4.85. The van der Waals surface area contributed by atoms with Gasteiger partial charge in [-0.25, -0.2) is 4.39 Å². The van der Waals surface area contributed by atoms with E-state index in [0.29, 0.717) is 10.0 Å². The standard InChI is InChI=1S/C14H9BrF3NO2/c15-10-4-2-1-3-9(10)13(20)19-8-5-6-12(11(16)7-8)21-14(17)18/h1-7,14H,(H,19,20). The number of rotatable bonds is 4. The first-order valence-corrected chi connectivity index (χ1v) is 6.57. The van der Waals surface area contributed by atoms with Crippen molar-refractivity contribution in [2.24, 2.45) is 0 Å². The van der Waals surface area contributed by atoms with E-state index in [4.69, 9.17) is 0 Å². The fraction of sp³-hybridized carbons (Fsp3) is 0.0714. The molecule has 2 rings (SSSR count). The van der Waals surface area contributed by atoms with E-state index >= 15 is 0 Å². The summed E-state index contributed by atoms with van der Waals surface area (Å²) < 4.78 is 42.1. The molecule has 3 nitrogen and oxygen atoms in total. The summed E-state index contributed by atoms with van der Waals surface area (Å²) in [5.41, 5.74) is 0.501. The van der Waals surface area contributed by atoms with Crippen LogP contribution < -0.4 is 10.1 Å². The van der Waals surface area contributed by atoms with Crippen molar-refractivity contribution in [1.82, 2.24) is 0 Å². The van der Waals surface area contributed by atoms with Crippen molar-refractivity contribution >= 4 is 27.5 Å². The molecule has 0 aromatic heterocycles. The Labute approximate surface area is 126 Å². The number of amides is 1. The van der Waals surface area contributed by atoms with Gasteiger partial charge < -0.3 is 10.1 Å². The van der Waals surface area contributed by atoms with Gasteiger partial charge in [0, 0.05) is 16.2 Å². The van der Waals surface area contributed by atoms with Crippen LogP contribution in [0.4, 0.5) is 18.9 Å². The van der Waals surface area contributed by atoms with Crippen molar-refractivity contribution in [3.8, 4) is 5.75 Å². The van der Waals surface area contributed by atoms with Crippen LogP contribution in [0, 0.1) is 5.82 Å². The molecule has 0 radical (unpaired) electrons. The zero-order valence-corrected chi connectivity index (χ0v) is 12.0. The molecule has 0 bridgehead atoms. The highest BCUT2D eigenvalue weighted by atomic mass is 79.9. The molecular formula is C14H9BrF3NO2. The average molecular weight is 360 g/mol. The molecule has 0 aliphatic carbocycles. The minimum atomic E-state index is -3.11. The molecule has 0 heterocycles. The Morgan fingerprint density at radius 3 is 2.52 bits per heavy atom. The van der Waals surface area contributed by atoms with Gasteiger partial charge in [-0.2, -0.15) is 8.78 Å². The zero-order valence-electron chi connectivity index (χ0n) is 10.4. The lowest BCUT2D eigenvalue weighted by atomic mass is 10.2. The van der Waals surface area contributed by atoms with Crippen LogP contribution in [-0.4, -0.2) is 12.5 Å². The number of carbonyl (C=O) groups is 1. The van der Waals surface area contributed by atoms with E-state index in [1.54, 1.807) is 24.3 Å². The van der Waals surface area contributed by atoms with Crippen LogP contribution in [-0.2, 0) is 0 Å². The normalized spacial score (nSPS) is 10.5. The Bertz CT molecular complexity index is 664. The van der Waals surface area contributed by atoms with Crippen LogP contribution in [0.1, 0.15) is 10.4 Å². The van der Waals surface area contributed by atoms with Crippen LogP contribution in [0.15, 0.2) is 46.9 Å². The molecule has 0 spiro atoms. The van der Waals surface area contributed by atoms with E-state index in [1.165, 1.54) is 6.07 Å². The number of hydrogen-bond donors (Lipinski definition) is 1. The molecule has 0 atom stereocenters. The lowest BCUT2D eigenvalue weighted by Gasteiger charge is -2.09. The summed E-state index contributed by atoms with van der Waals surface area (Å²) in [6.45, 7) is -3.11. The van der Waals surface area contributed by atoms with E-state index in [9.17, 15) is 18.0 Å². The number of benzene rings is 2. The molecule has 0 aliphatic heterocycles. The smallest absolute Gasteiger partial charge is 0.387 e. The summed E-state index contributed by atoms with van der Waals surface area (Å²) in [7, 11) is 0. The lowest BCUT2D eigenvalue weighted by Crippen LogP contribution is -2.13. The van der Waals surface area contributed by atoms with Gasteiger partial charge in [-0.3, -0.25) is 4.79 Å². The van der Waals surface area contributed by atoms with E-state index < -0.39 is 24.1 Å². The van der Waals surface area contributed by atoms with Crippen molar-refractivity contribution in [2.45, 2.75) is 6.61 Å². The quantitative estimate of drug-likeness (QED) is 0.876. The third kappa shape index (κ3) is 3.98. The number of hydrogen-bond acceptors (Lipinski definition) is 2. The van der Waals surface area contributed by atoms with E-state index in [1.807, 2.05) is 0 Å². The van der Waals surface area contributed by atoms with Gasteiger partial charge in [0.05, 0.1) is 5.56 Å². The van der Waals surface area contributed by atoms with Gasteiger partial charge in [-0.05, 0) is 40.2 Å². The van der Waals surface area contributed by atoms with Crippen molar-refractivity contribution in [3.63, 3.8) is 0 Å².